The Labute approximate surface area is 190 Å². The van der Waals surface area contributed by atoms with Gasteiger partial charge in [0.25, 0.3) is 0 Å². The third-order valence-corrected chi connectivity index (χ3v) is 4.98. The highest BCUT2D eigenvalue weighted by molar-refractivity contribution is 14.0. The summed E-state index contributed by atoms with van der Waals surface area (Å²) in [6.45, 7) is 7.90. The Morgan fingerprint density at radius 3 is 2.38 bits per heavy atom. The molecule has 1 aromatic heterocycles. The van der Waals surface area contributed by atoms with E-state index in [9.17, 15) is 13.2 Å². The number of halogens is 4. The monoisotopic (exact) mass is 542 g/mol. The first kappa shape index (κ1) is 25.5. The number of hydrogen-bond acceptors (Lipinski definition) is 4. The molecular formula is C19H26F3IN4OS. The molecule has 0 aliphatic heterocycles. The number of ether oxygens (including phenoxy) is 1. The minimum Gasteiger partial charge on any atom is -0.491 e. The van der Waals surface area contributed by atoms with Gasteiger partial charge in [-0.2, -0.15) is 13.2 Å². The predicted molar refractivity (Wildman–Crippen MR) is 121 cm³/mol. The Bertz CT molecular complexity index is 818. The molecule has 0 unspecified atom stereocenters. The Balaban J connectivity index is 0.00000420. The van der Waals surface area contributed by atoms with E-state index in [0.717, 1.165) is 21.6 Å². The van der Waals surface area contributed by atoms with E-state index < -0.39 is 11.7 Å². The second-order valence-corrected chi connectivity index (χ2v) is 7.80. The number of nitrogens with zero attached hydrogens (tertiary/aromatic N) is 2. The fourth-order valence-electron chi connectivity index (χ4n) is 2.49. The van der Waals surface area contributed by atoms with Gasteiger partial charge in [-0.25, -0.2) is 4.98 Å². The van der Waals surface area contributed by atoms with Crippen molar-refractivity contribution in [3.63, 3.8) is 0 Å². The fraction of sp³-hybridized carbons (Fsp3) is 0.474. The number of hydrogen-bond donors (Lipinski definition) is 2. The highest BCUT2D eigenvalue weighted by Gasteiger charge is 2.33. The van der Waals surface area contributed by atoms with Crippen LogP contribution in [0.25, 0.3) is 0 Å². The highest BCUT2D eigenvalue weighted by atomic mass is 127. The summed E-state index contributed by atoms with van der Waals surface area (Å²) in [5, 5.41) is 6.89. The molecule has 5 nitrogen and oxygen atoms in total. The van der Waals surface area contributed by atoms with Gasteiger partial charge in [0.15, 0.2) is 5.96 Å². The van der Waals surface area contributed by atoms with Gasteiger partial charge in [0.05, 0.1) is 23.9 Å². The Kier molecular flexibility index (Phi) is 9.66. The van der Waals surface area contributed by atoms with Crippen molar-refractivity contribution in [1.29, 1.82) is 0 Å². The molecule has 0 bridgehead atoms. The molecule has 162 valence electrons. The lowest BCUT2D eigenvalue weighted by Crippen LogP contribution is -2.36. The predicted octanol–water partition coefficient (Wildman–Crippen LogP) is 5.05. The number of aryl methyl sites for hydroxylation is 2. The summed E-state index contributed by atoms with van der Waals surface area (Å²) in [4.78, 5) is 9.62. The average molecular weight is 542 g/mol. The summed E-state index contributed by atoms with van der Waals surface area (Å²) in [5.41, 5.74) is 0.371. The lowest BCUT2D eigenvalue weighted by molar-refractivity contribution is -0.138. The molecule has 0 saturated heterocycles. The molecule has 0 atom stereocenters. The summed E-state index contributed by atoms with van der Waals surface area (Å²) >= 11 is 1.57. The molecule has 0 aliphatic carbocycles. The lowest BCUT2D eigenvalue weighted by Gasteiger charge is -2.18. The molecule has 2 N–H and O–H groups in total. The van der Waals surface area contributed by atoms with E-state index in [2.05, 4.69) is 20.6 Å². The van der Waals surface area contributed by atoms with Crippen molar-refractivity contribution >= 4 is 41.3 Å². The first-order valence-electron chi connectivity index (χ1n) is 8.84. The molecule has 1 aromatic carbocycles. The van der Waals surface area contributed by atoms with Crippen LogP contribution in [0.2, 0.25) is 0 Å². The number of alkyl halides is 3. The minimum absolute atomic E-state index is 0. The zero-order valence-electron chi connectivity index (χ0n) is 17.0. The van der Waals surface area contributed by atoms with Gasteiger partial charge in [0.1, 0.15) is 10.8 Å². The molecule has 2 rings (SSSR count). The van der Waals surface area contributed by atoms with Gasteiger partial charge in [-0.3, -0.25) is 4.99 Å². The van der Waals surface area contributed by atoms with Crippen LogP contribution in [-0.2, 0) is 19.3 Å². The summed E-state index contributed by atoms with van der Waals surface area (Å²) in [5.74, 6) is 0.601. The van der Waals surface area contributed by atoms with Crippen molar-refractivity contribution in [3.8, 4) is 5.75 Å². The van der Waals surface area contributed by atoms with E-state index in [1.165, 1.54) is 6.07 Å². The zero-order valence-corrected chi connectivity index (χ0v) is 20.1. The Morgan fingerprint density at radius 1 is 1.21 bits per heavy atom. The van der Waals surface area contributed by atoms with Crippen LogP contribution in [0.5, 0.6) is 5.75 Å². The van der Waals surface area contributed by atoms with Crippen LogP contribution in [0.3, 0.4) is 0 Å². The van der Waals surface area contributed by atoms with E-state index in [4.69, 9.17) is 4.74 Å². The van der Waals surface area contributed by atoms with Crippen LogP contribution in [0, 0.1) is 13.8 Å². The maximum absolute atomic E-state index is 13.4. The molecule has 0 amide bonds. The number of benzene rings is 1. The molecule has 1 heterocycles. The first-order valence-corrected chi connectivity index (χ1v) is 9.66. The van der Waals surface area contributed by atoms with E-state index >= 15 is 0 Å². The summed E-state index contributed by atoms with van der Waals surface area (Å²) in [6.07, 6.45) is -4.67. The van der Waals surface area contributed by atoms with E-state index in [1.807, 2.05) is 13.8 Å². The molecule has 0 radical (unpaired) electrons. The van der Waals surface area contributed by atoms with Gasteiger partial charge in [-0.05, 0) is 45.4 Å². The van der Waals surface area contributed by atoms with Crippen LogP contribution in [0.1, 0.15) is 40.6 Å². The zero-order chi connectivity index (χ0) is 20.9. The second kappa shape index (κ2) is 11.0. The van der Waals surface area contributed by atoms with Crippen LogP contribution >= 0.6 is 35.3 Å². The SMILES string of the molecule is CN=C(NCc1nc(C)c(C)s1)NCc1ccc(OC(C)C)cc1C(F)(F)F.I. The third kappa shape index (κ3) is 7.65. The summed E-state index contributed by atoms with van der Waals surface area (Å²) < 4.78 is 45.7. The van der Waals surface area contributed by atoms with Crippen molar-refractivity contribution < 1.29 is 17.9 Å². The molecule has 0 fully saturated rings. The summed E-state index contributed by atoms with van der Waals surface area (Å²) in [7, 11) is 1.57. The topological polar surface area (TPSA) is 58.5 Å². The van der Waals surface area contributed by atoms with E-state index in [0.29, 0.717) is 12.5 Å². The number of thiazole rings is 1. The Hall–Kier alpha value is -1.56. The molecule has 29 heavy (non-hydrogen) atoms. The normalized spacial score (nSPS) is 12.0. The highest BCUT2D eigenvalue weighted by Crippen LogP contribution is 2.34. The number of nitrogens with one attached hydrogen (secondary N) is 2. The number of aliphatic imine (C=N–C) groups is 1. The molecule has 10 heteroatoms. The first-order chi connectivity index (χ1) is 13.1. The Morgan fingerprint density at radius 2 is 1.86 bits per heavy atom. The van der Waals surface area contributed by atoms with E-state index in [-0.39, 0.29) is 47.9 Å². The third-order valence-electron chi connectivity index (χ3n) is 3.91. The van der Waals surface area contributed by atoms with Gasteiger partial charge in [0, 0.05) is 18.5 Å². The number of aromatic nitrogens is 1. The van der Waals surface area contributed by atoms with Gasteiger partial charge >= 0.3 is 6.18 Å². The molecular weight excluding hydrogens is 516 g/mol. The van der Waals surface area contributed by atoms with Gasteiger partial charge in [-0.1, -0.05) is 6.07 Å². The molecule has 0 saturated carbocycles. The number of rotatable bonds is 6. The van der Waals surface area contributed by atoms with Gasteiger partial charge < -0.3 is 15.4 Å². The van der Waals surface area contributed by atoms with Crippen LogP contribution in [-0.4, -0.2) is 24.1 Å². The molecule has 0 spiro atoms. The van der Waals surface area contributed by atoms with Crippen molar-refractivity contribution in [2.45, 2.75) is 53.1 Å². The van der Waals surface area contributed by atoms with Crippen LogP contribution in [0.4, 0.5) is 13.2 Å². The van der Waals surface area contributed by atoms with Crippen molar-refractivity contribution in [2.24, 2.45) is 4.99 Å². The van der Waals surface area contributed by atoms with Gasteiger partial charge in [0.2, 0.25) is 0 Å². The molecule has 2 aromatic rings. The average Bonchev–Trinajstić information content (AvgIpc) is 2.92. The van der Waals surface area contributed by atoms with Crippen LogP contribution in [0.15, 0.2) is 23.2 Å². The van der Waals surface area contributed by atoms with Crippen molar-refractivity contribution in [3.05, 3.63) is 44.9 Å². The van der Waals surface area contributed by atoms with Gasteiger partial charge in [-0.15, -0.1) is 35.3 Å². The standard InChI is InChI=1S/C19H25F3N4OS.HI/c1-11(2)27-15-7-6-14(16(8-15)19(20,21)22)9-24-18(23-5)25-10-17-26-12(3)13(4)28-17;/h6-8,11H,9-10H2,1-5H3,(H2,23,24,25);1H. The molecule has 0 aliphatic rings. The fourth-order valence-corrected chi connectivity index (χ4v) is 3.37. The maximum atomic E-state index is 13.4. The number of guanidine groups is 1. The van der Waals surface area contributed by atoms with Crippen molar-refractivity contribution in [1.82, 2.24) is 15.6 Å². The smallest absolute Gasteiger partial charge is 0.416 e. The largest absolute Gasteiger partial charge is 0.491 e. The minimum atomic E-state index is -4.47. The summed E-state index contributed by atoms with van der Waals surface area (Å²) in [6, 6.07) is 4.01. The second-order valence-electron chi connectivity index (χ2n) is 6.51. The maximum Gasteiger partial charge on any atom is 0.416 e. The quantitative estimate of drug-likeness (QED) is 0.305. The lowest BCUT2D eigenvalue weighted by atomic mass is 10.1. The van der Waals surface area contributed by atoms with Crippen molar-refractivity contribution in [2.75, 3.05) is 7.05 Å². The van der Waals surface area contributed by atoms with E-state index in [1.54, 1.807) is 38.3 Å². The van der Waals surface area contributed by atoms with Crippen LogP contribution < -0.4 is 15.4 Å².